The Morgan fingerprint density at radius 2 is 1.89 bits per heavy atom. The first-order chi connectivity index (χ1) is 12.6. The molecule has 2 aromatic rings. The van der Waals surface area contributed by atoms with Gasteiger partial charge in [-0.15, -0.1) is 12.4 Å². The van der Waals surface area contributed by atoms with Gasteiger partial charge in [-0.2, -0.15) is 0 Å². The predicted octanol–water partition coefficient (Wildman–Crippen LogP) is 3.37. The van der Waals surface area contributed by atoms with Gasteiger partial charge >= 0.3 is 0 Å². The summed E-state index contributed by atoms with van der Waals surface area (Å²) >= 11 is 0. The minimum atomic E-state index is -0.538. The second-order valence-electron chi connectivity index (χ2n) is 6.44. The molecule has 0 aromatic heterocycles. The molecule has 1 fully saturated rings. The van der Waals surface area contributed by atoms with E-state index in [1.54, 1.807) is 0 Å². The molecule has 1 heterocycles. The minimum absolute atomic E-state index is 0. The van der Waals surface area contributed by atoms with Crippen molar-refractivity contribution in [1.29, 1.82) is 0 Å². The highest BCUT2D eigenvalue weighted by atomic mass is 35.5. The Morgan fingerprint density at radius 1 is 1.11 bits per heavy atom. The van der Waals surface area contributed by atoms with E-state index in [1.165, 1.54) is 18.2 Å². The summed E-state index contributed by atoms with van der Waals surface area (Å²) in [5, 5.41) is 8.57. The van der Waals surface area contributed by atoms with E-state index in [-0.39, 0.29) is 42.2 Å². The number of halogens is 2. The number of benzene rings is 2. The van der Waals surface area contributed by atoms with Crippen molar-refractivity contribution in [3.05, 3.63) is 59.9 Å². The molecule has 3 N–H and O–H groups in total. The fourth-order valence-electron chi connectivity index (χ4n) is 2.99. The van der Waals surface area contributed by atoms with Crippen LogP contribution in [0.25, 0.3) is 0 Å². The molecule has 27 heavy (non-hydrogen) atoms. The molecular weight excluding hydrogens is 369 g/mol. The molecule has 0 bridgehead atoms. The van der Waals surface area contributed by atoms with Crippen LogP contribution < -0.4 is 16.0 Å². The number of amides is 2. The summed E-state index contributed by atoms with van der Waals surface area (Å²) in [7, 11) is 0. The van der Waals surface area contributed by atoms with Gasteiger partial charge in [0.2, 0.25) is 11.8 Å². The average Bonchev–Trinajstić information content (AvgIpc) is 2.66. The molecule has 0 radical (unpaired) electrons. The van der Waals surface area contributed by atoms with E-state index < -0.39 is 5.82 Å². The second-order valence-corrected chi connectivity index (χ2v) is 6.44. The fraction of sp³-hybridized carbons (Fsp3) is 0.300. The molecule has 1 saturated heterocycles. The first-order valence-corrected chi connectivity index (χ1v) is 8.77. The van der Waals surface area contributed by atoms with Crippen LogP contribution in [0.15, 0.2) is 48.5 Å². The molecule has 144 valence electrons. The van der Waals surface area contributed by atoms with Crippen LogP contribution >= 0.6 is 12.4 Å². The lowest BCUT2D eigenvalue weighted by Gasteiger charge is -2.22. The highest BCUT2D eigenvalue weighted by Crippen LogP contribution is 2.21. The molecule has 0 aliphatic carbocycles. The van der Waals surface area contributed by atoms with Gasteiger partial charge in [-0.25, -0.2) is 4.39 Å². The number of carbonyl (C=O) groups excluding carboxylic acids is 2. The van der Waals surface area contributed by atoms with Crippen LogP contribution in [0.2, 0.25) is 0 Å². The van der Waals surface area contributed by atoms with E-state index in [9.17, 15) is 14.0 Å². The molecule has 0 spiro atoms. The Labute approximate surface area is 164 Å². The van der Waals surface area contributed by atoms with E-state index >= 15 is 0 Å². The van der Waals surface area contributed by atoms with Gasteiger partial charge in [0.05, 0.1) is 18.0 Å². The third-order valence-electron chi connectivity index (χ3n) is 4.38. The lowest BCUT2D eigenvalue weighted by atomic mass is 9.99. The number of anilines is 2. The summed E-state index contributed by atoms with van der Waals surface area (Å²) < 4.78 is 14.0. The lowest BCUT2D eigenvalue weighted by molar-refractivity contribution is -0.120. The van der Waals surface area contributed by atoms with Crippen molar-refractivity contribution in [3.8, 4) is 0 Å². The number of hydrogen-bond acceptors (Lipinski definition) is 3. The van der Waals surface area contributed by atoms with E-state index in [4.69, 9.17) is 0 Å². The Bertz CT molecular complexity index is 780. The lowest BCUT2D eigenvalue weighted by Crippen LogP contribution is -2.37. The highest BCUT2D eigenvalue weighted by molar-refractivity contribution is 5.95. The molecule has 1 unspecified atom stereocenters. The zero-order chi connectivity index (χ0) is 18.4. The Balaban J connectivity index is 0.00000261. The summed E-state index contributed by atoms with van der Waals surface area (Å²) in [6, 6.07) is 13.4. The molecule has 5 nitrogen and oxygen atoms in total. The third-order valence-corrected chi connectivity index (χ3v) is 4.38. The summed E-state index contributed by atoms with van der Waals surface area (Å²) in [5.74, 6) is -1.03. The van der Waals surface area contributed by atoms with Crippen LogP contribution in [-0.2, 0) is 16.0 Å². The molecule has 2 amide bonds. The Hall–Kier alpha value is -2.44. The van der Waals surface area contributed by atoms with Gasteiger partial charge in [0.15, 0.2) is 0 Å². The number of piperidine rings is 1. The molecule has 2 aromatic carbocycles. The van der Waals surface area contributed by atoms with Crippen molar-refractivity contribution in [2.45, 2.75) is 19.3 Å². The van der Waals surface area contributed by atoms with Crippen molar-refractivity contribution in [2.75, 3.05) is 23.7 Å². The van der Waals surface area contributed by atoms with Gasteiger partial charge in [-0.1, -0.05) is 30.3 Å². The first-order valence-electron chi connectivity index (χ1n) is 8.77. The zero-order valence-corrected chi connectivity index (χ0v) is 15.7. The van der Waals surface area contributed by atoms with E-state index in [0.717, 1.165) is 24.9 Å². The first kappa shape index (κ1) is 20.9. The van der Waals surface area contributed by atoms with Crippen molar-refractivity contribution in [2.24, 2.45) is 5.92 Å². The standard InChI is InChI=1S/C20H22FN3O2.ClH/c21-17-9-8-16(23-20(26)15-7-4-10-22-13-15)12-18(17)24-19(25)11-14-5-2-1-3-6-14;/h1-3,5-6,8-9,12,15,22H,4,7,10-11,13H2,(H,23,26)(H,24,25);1H. The van der Waals surface area contributed by atoms with Crippen molar-refractivity contribution in [3.63, 3.8) is 0 Å². The molecule has 1 aliphatic rings. The van der Waals surface area contributed by atoms with Crippen molar-refractivity contribution >= 4 is 35.6 Å². The molecule has 0 saturated carbocycles. The topological polar surface area (TPSA) is 70.2 Å². The Kier molecular flexibility index (Phi) is 7.76. The summed E-state index contributed by atoms with van der Waals surface area (Å²) in [5.41, 5.74) is 1.38. The second kappa shape index (κ2) is 10.0. The van der Waals surface area contributed by atoms with Crippen molar-refractivity contribution < 1.29 is 14.0 Å². The molecular formula is C20H23ClFN3O2. The monoisotopic (exact) mass is 391 g/mol. The average molecular weight is 392 g/mol. The maximum atomic E-state index is 14.0. The zero-order valence-electron chi connectivity index (χ0n) is 14.8. The predicted molar refractivity (Wildman–Crippen MR) is 107 cm³/mol. The minimum Gasteiger partial charge on any atom is -0.326 e. The maximum absolute atomic E-state index is 14.0. The van der Waals surface area contributed by atoms with Crippen LogP contribution in [-0.4, -0.2) is 24.9 Å². The third kappa shape index (κ3) is 6.05. The van der Waals surface area contributed by atoms with Crippen LogP contribution in [0.3, 0.4) is 0 Å². The largest absolute Gasteiger partial charge is 0.326 e. The van der Waals surface area contributed by atoms with Gasteiger partial charge in [0.1, 0.15) is 5.82 Å². The molecule has 7 heteroatoms. The maximum Gasteiger partial charge on any atom is 0.228 e. The molecule has 1 atom stereocenters. The smallest absolute Gasteiger partial charge is 0.228 e. The van der Waals surface area contributed by atoms with Crippen LogP contribution in [0.4, 0.5) is 15.8 Å². The van der Waals surface area contributed by atoms with Gasteiger partial charge in [0.25, 0.3) is 0 Å². The van der Waals surface area contributed by atoms with Crippen LogP contribution in [0.1, 0.15) is 18.4 Å². The number of carbonyl (C=O) groups is 2. The van der Waals surface area contributed by atoms with Crippen LogP contribution in [0, 0.1) is 11.7 Å². The van der Waals surface area contributed by atoms with E-state index in [0.29, 0.717) is 12.2 Å². The normalized spacial score (nSPS) is 16.1. The molecule has 1 aliphatic heterocycles. The highest BCUT2D eigenvalue weighted by Gasteiger charge is 2.21. The van der Waals surface area contributed by atoms with Gasteiger partial charge < -0.3 is 16.0 Å². The SMILES string of the molecule is Cl.O=C(Cc1ccccc1)Nc1cc(NC(=O)C2CCCNC2)ccc1F. The van der Waals surface area contributed by atoms with Gasteiger partial charge in [0, 0.05) is 12.2 Å². The van der Waals surface area contributed by atoms with E-state index in [2.05, 4.69) is 16.0 Å². The summed E-state index contributed by atoms with van der Waals surface area (Å²) in [6.07, 6.45) is 1.95. The van der Waals surface area contributed by atoms with E-state index in [1.807, 2.05) is 30.3 Å². The number of hydrogen-bond donors (Lipinski definition) is 3. The Morgan fingerprint density at radius 3 is 2.59 bits per heavy atom. The van der Waals surface area contributed by atoms with Crippen LogP contribution in [0.5, 0.6) is 0 Å². The van der Waals surface area contributed by atoms with Gasteiger partial charge in [-0.3, -0.25) is 9.59 Å². The summed E-state index contributed by atoms with van der Waals surface area (Å²) in [4.78, 5) is 24.4. The number of nitrogens with one attached hydrogen (secondary N) is 3. The van der Waals surface area contributed by atoms with Gasteiger partial charge in [-0.05, 0) is 43.1 Å². The molecule has 3 rings (SSSR count). The van der Waals surface area contributed by atoms with Crippen molar-refractivity contribution in [1.82, 2.24) is 5.32 Å². The number of rotatable bonds is 5. The summed E-state index contributed by atoms with van der Waals surface area (Å²) in [6.45, 7) is 1.58. The quantitative estimate of drug-likeness (QED) is 0.731. The fourth-order valence-corrected chi connectivity index (χ4v) is 2.99.